The first kappa shape index (κ1) is 8.93. The van der Waals surface area contributed by atoms with Gasteiger partial charge in [-0.1, -0.05) is 0 Å². The molecule has 2 heterocycles. The smallest absolute Gasteiger partial charge is 0.206 e. The lowest BCUT2D eigenvalue weighted by atomic mass is 10.4. The van der Waals surface area contributed by atoms with Crippen molar-refractivity contribution in [2.75, 3.05) is 12.3 Å². The minimum atomic E-state index is 0.499. The van der Waals surface area contributed by atoms with Crippen molar-refractivity contribution in [3.05, 3.63) is 17.6 Å². The molecule has 5 nitrogen and oxygen atoms in total. The van der Waals surface area contributed by atoms with Crippen molar-refractivity contribution in [1.82, 2.24) is 14.1 Å². The predicted molar refractivity (Wildman–Crippen MR) is 54.2 cm³/mol. The highest BCUT2D eigenvalue weighted by atomic mass is 16.7. The summed E-state index contributed by atoms with van der Waals surface area (Å²) in [6, 6.07) is 0. The first-order valence-corrected chi connectivity index (χ1v) is 4.61. The van der Waals surface area contributed by atoms with Crippen LogP contribution in [-0.2, 0) is 0 Å². The van der Waals surface area contributed by atoms with Crippen LogP contribution in [0.2, 0.25) is 0 Å². The molecule has 2 N–H and O–H groups in total. The van der Waals surface area contributed by atoms with E-state index >= 15 is 0 Å². The highest BCUT2D eigenvalue weighted by Crippen LogP contribution is 2.17. The zero-order valence-electron chi connectivity index (χ0n) is 8.61. The van der Waals surface area contributed by atoms with Crippen molar-refractivity contribution in [2.24, 2.45) is 0 Å². The highest BCUT2D eigenvalue weighted by Gasteiger charge is 2.14. The number of hydrogen-bond donors (Lipinski definition) is 1. The molecular weight excluding hydrogens is 180 g/mol. The standard InChI is InChI=1S/C9H14N4O/c1-4-14-13-7(3)6(2)12-8(13)5-11-9(12)10/h5H,4H2,1-3H3,(H2,10,11). The molecule has 0 unspecified atom stereocenters. The van der Waals surface area contributed by atoms with E-state index < -0.39 is 0 Å². The Kier molecular flexibility index (Phi) is 1.87. The summed E-state index contributed by atoms with van der Waals surface area (Å²) in [6.45, 7) is 6.56. The summed E-state index contributed by atoms with van der Waals surface area (Å²) < 4.78 is 3.64. The summed E-state index contributed by atoms with van der Waals surface area (Å²) in [6.07, 6.45) is 1.71. The minimum absolute atomic E-state index is 0.499. The van der Waals surface area contributed by atoms with E-state index in [1.54, 1.807) is 10.9 Å². The third-order valence-electron chi connectivity index (χ3n) is 2.40. The SMILES string of the molecule is CCOn1c(C)c(C)n2c(N)ncc12. The molecule has 0 fully saturated rings. The first-order chi connectivity index (χ1) is 6.66. The fourth-order valence-electron chi connectivity index (χ4n) is 1.62. The normalized spacial score (nSPS) is 11.1. The number of aryl methyl sites for hydroxylation is 1. The molecule has 0 saturated heterocycles. The predicted octanol–water partition coefficient (Wildman–Crippen LogP) is 0.783. The van der Waals surface area contributed by atoms with Crippen LogP contribution in [-0.4, -0.2) is 20.7 Å². The van der Waals surface area contributed by atoms with E-state index in [1.807, 2.05) is 25.2 Å². The zero-order valence-corrected chi connectivity index (χ0v) is 8.61. The van der Waals surface area contributed by atoms with Gasteiger partial charge in [-0.25, -0.2) is 4.98 Å². The number of nitrogens with zero attached hydrogens (tertiary/aromatic N) is 3. The van der Waals surface area contributed by atoms with Crippen LogP contribution in [0.3, 0.4) is 0 Å². The largest absolute Gasteiger partial charge is 0.412 e. The van der Waals surface area contributed by atoms with Gasteiger partial charge < -0.3 is 10.6 Å². The lowest BCUT2D eigenvalue weighted by Crippen LogP contribution is -2.11. The lowest BCUT2D eigenvalue weighted by molar-refractivity contribution is 0.127. The van der Waals surface area contributed by atoms with Crippen molar-refractivity contribution >= 4 is 11.6 Å². The number of hydrogen-bond acceptors (Lipinski definition) is 3. The summed E-state index contributed by atoms with van der Waals surface area (Å²) in [7, 11) is 0. The molecule has 0 aliphatic heterocycles. The van der Waals surface area contributed by atoms with Gasteiger partial charge in [-0.05, 0) is 20.8 Å². The van der Waals surface area contributed by atoms with Gasteiger partial charge in [0.05, 0.1) is 11.9 Å². The molecule has 5 heteroatoms. The molecule has 0 atom stereocenters. The van der Waals surface area contributed by atoms with Gasteiger partial charge >= 0.3 is 0 Å². The summed E-state index contributed by atoms with van der Waals surface area (Å²) in [4.78, 5) is 9.52. The Balaban J connectivity index is 2.75. The minimum Gasteiger partial charge on any atom is -0.412 e. The van der Waals surface area contributed by atoms with Gasteiger partial charge in [-0.15, -0.1) is 0 Å². The molecule has 14 heavy (non-hydrogen) atoms. The van der Waals surface area contributed by atoms with Gasteiger partial charge in [0.1, 0.15) is 6.61 Å². The molecule has 2 aromatic heterocycles. The molecule has 0 aromatic carbocycles. The number of fused-ring (bicyclic) bond motifs is 1. The van der Waals surface area contributed by atoms with Crippen molar-refractivity contribution in [3.8, 4) is 0 Å². The summed E-state index contributed by atoms with van der Waals surface area (Å²) >= 11 is 0. The Hall–Kier alpha value is -1.65. The van der Waals surface area contributed by atoms with Crippen LogP contribution in [0.25, 0.3) is 5.65 Å². The van der Waals surface area contributed by atoms with Crippen LogP contribution in [0.4, 0.5) is 5.95 Å². The molecule has 0 aliphatic rings. The number of nitrogens with two attached hydrogens (primary N) is 1. The van der Waals surface area contributed by atoms with Crippen LogP contribution in [0.1, 0.15) is 18.3 Å². The van der Waals surface area contributed by atoms with Gasteiger partial charge in [-0.2, -0.15) is 4.73 Å². The second kappa shape index (κ2) is 2.94. The van der Waals surface area contributed by atoms with Crippen molar-refractivity contribution in [2.45, 2.75) is 20.8 Å². The molecule has 0 amide bonds. The number of aromatic nitrogens is 3. The van der Waals surface area contributed by atoms with Gasteiger partial charge in [0.25, 0.3) is 0 Å². The lowest BCUT2D eigenvalue weighted by Gasteiger charge is -2.05. The molecule has 2 aromatic rings. The van der Waals surface area contributed by atoms with Crippen LogP contribution in [0.5, 0.6) is 0 Å². The molecular formula is C9H14N4O. The van der Waals surface area contributed by atoms with Gasteiger partial charge in [-0.3, -0.25) is 4.40 Å². The van der Waals surface area contributed by atoms with E-state index in [0.29, 0.717) is 12.6 Å². The van der Waals surface area contributed by atoms with Crippen LogP contribution in [0, 0.1) is 13.8 Å². The fourth-order valence-corrected chi connectivity index (χ4v) is 1.62. The van der Waals surface area contributed by atoms with Crippen molar-refractivity contribution in [1.29, 1.82) is 0 Å². The Morgan fingerprint density at radius 1 is 1.43 bits per heavy atom. The van der Waals surface area contributed by atoms with E-state index in [9.17, 15) is 0 Å². The van der Waals surface area contributed by atoms with Crippen LogP contribution >= 0.6 is 0 Å². The molecule has 76 valence electrons. The molecule has 0 aliphatic carbocycles. The summed E-state index contributed by atoms with van der Waals surface area (Å²) in [5.74, 6) is 0.499. The van der Waals surface area contributed by atoms with Crippen LogP contribution < -0.4 is 10.6 Å². The van der Waals surface area contributed by atoms with Gasteiger partial charge in [0, 0.05) is 5.69 Å². The van der Waals surface area contributed by atoms with Crippen LogP contribution in [0.15, 0.2) is 6.20 Å². The Morgan fingerprint density at radius 3 is 2.79 bits per heavy atom. The Bertz CT molecular complexity index is 469. The second-order valence-corrected chi connectivity index (χ2v) is 3.19. The second-order valence-electron chi connectivity index (χ2n) is 3.19. The van der Waals surface area contributed by atoms with E-state index in [2.05, 4.69) is 4.98 Å². The van der Waals surface area contributed by atoms with E-state index in [-0.39, 0.29) is 0 Å². The summed E-state index contributed by atoms with van der Waals surface area (Å²) in [5, 5.41) is 0. The average Bonchev–Trinajstić information content (AvgIpc) is 2.63. The third-order valence-corrected chi connectivity index (χ3v) is 2.40. The molecule has 0 saturated carbocycles. The monoisotopic (exact) mass is 194 g/mol. The quantitative estimate of drug-likeness (QED) is 0.768. The maximum Gasteiger partial charge on any atom is 0.206 e. The van der Waals surface area contributed by atoms with E-state index in [1.165, 1.54) is 0 Å². The fraction of sp³-hybridized carbons (Fsp3) is 0.444. The molecule has 2 rings (SSSR count). The molecule has 0 radical (unpaired) electrons. The average molecular weight is 194 g/mol. The zero-order chi connectivity index (χ0) is 10.3. The number of nitrogen functional groups attached to an aromatic ring is 1. The maximum absolute atomic E-state index is 5.74. The third kappa shape index (κ3) is 0.982. The Labute approximate surface area is 82.1 Å². The van der Waals surface area contributed by atoms with Gasteiger partial charge in [0.15, 0.2) is 5.65 Å². The van der Waals surface area contributed by atoms with Crippen molar-refractivity contribution in [3.63, 3.8) is 0 Å². The summed E-state index contributed by atoms with van der Waals surface area (Å²) in [5.41, 5.74) is 8.72. The van der Waals surface area contributed by atoms with Gasteiger partial charge in [0.2, 0.25) is 5.95 Å². The number of anilines is 1. The first-order valence-electron chi connectivity index (χ1n) is 4.61. The molecule has 0 spiro atoms. The Morgan fingerprint density at radius 2 is 2.14 bits per heavy atom. The maximum atomic E-state index is 5.74. The highest BCUT2D eigenvalue weighted by molar-refractivity contribution is 5.49. The van der Waals surface area contributed by atoms with E-state index in [0.717, 1.165) is 17.0 Å². The van der Waals surface area contributed by atoms with Crippen molar-refractivity contribution < 1.29 is 4.84 Å². The number of rotatable bonds is 2. The molecule has 0 bridgehead atoms. The number of imidazole rings is 2. The van der Waals surface area contributed by atoms with E-state index in [4.69, 9.17) is 10.6 Å². The topological polar surface area (TPSA) is 57.5 Å².